The molecule has 288 valence electrons. The molecule has 1 unspecified atom stereocenters. The third-order valence-electron chi connectivity index (χ3n) is 11.9. The number of nitrogens with one attached hydrogen (secondary N) is 1. The lowest BCUT2D eigenvalue weighted by Crippen LogP contribution is -2.35. The summed E-state index contributed by atoms with van der Waals surface area (Å²) in [6, 6.07) is 56.7. The van der Waals surface area contributed by atoms with Gasteiger partial charge in [-0.15, -0.1) is 0 Å². The predicted molar refractivity (Wildman–Crippen MR) is 241 cm³/mol. The van der Waals surface area contributed by atoms with E-state index in [4.69, 9.17) is 20.2 Å². The lowest BCUT2D eigenvalue weighted by Gasteiger charge is -2.27. The number of benzene rings is 7. The number of aliphatic imine (C=N–C) groups is 1. The van der Waals surface area contributed by atoms with Gasteiger partial charge < -0.3 is 20.5 Å². The molecule has 1 aliphatic heterocycles. The van der Waals surface area contributed by atoms with Crippen LogP contribution in [-0.2, 0) is 12.0 Å². The van der Waals surface area contributed by atoms with Crippen LogP contribution < -0.4 is 20.5 Å². The summed E-state index contributed by atoms with van der Waals surface area (Å²) in [7, 11) is 0. The van der Waals surface area contributed by atoms with Gasteiger partial charge in [-0.3, -0.25) is 4.99 Å². The van der Waals surface area contributed by atoms with Crippen molar-refractivity contribution in [2.24, 2.45) is 10.7 Å². The largest absolute Gasteiger partial charge is 0.449 e. The maximum absolute atomic E-state index is 7.05. The van der Waals surface area contributed by atoms with Gasteiger partial charge in [0.05, 0.1) is 6.54 Å². The molecule has 0 amide bonds. The van der Waals surface area contributed by atoms with Crippen LogP contribution in [0.2, 0.25) is 0 Å². The minimum atomic E-state index is -0.546. The summed E-state index contributed by atoms with van der Waals surface area (Å²) in [4.78, 5) is 5.14. The highest BCUT2D eigenvalue weighted by Gasteiger charge is 2.41. The molecule has 7 aromatic rings. The van der Waals surface area contributed by atoms with Gasteiger partial charge in [-0.05, 0) is 86.7 Å². The zero-order valence-electron chi connectivity index (χ0n) is 33.3. The number of nitrogens with zero attached hydrogens (tertiary/aromatic N) is 1. The quantitative estimate of drug-likeness (QED) is 0.0918. The normalized spacial score (nSPS) is 15.3. The van der Waals surface area contributed by atoms with Gasteiger partial charge >= 0.3 is 0 Å². The van der Waals surface area contributed by atoms with Crippen LogP contribution in [-0.4, -0.2) is 5.84 Å². The van der Waals surface area contributed by atoms with Crippen molar-refractivity contribution in [3.8, 4) is 56.4 Å². The molecular formula is C54H45N3O2. The molecule has 0 saturated carbocycles. The van der Waals surface area contributed by atoms with Gasteiger partial charge in [-0.1, -0.05) is 172 Å². The first kappa shape index (κ1) is 36.4. The van der Waals surface area contributed by atoms with E-state index in [1.54, 1.807) is 0 Å². The highest BCUT2D eigenvalue weighted by molar-refractivity contribution is 5.99. The molecule has 3 N–H and O–H groups in total. The van der Waals surface area contributed by atoms with Crippen LogP contribution >= 0.6 is 0 Å². The van der Waals surface area contributed by atoms with Crippen LogP contribution in [0.1, 0.15) is 60.7 Å². The van der Waals surface area contributed by atoms with Gasteiger partial charge in [0.25, 0.3) is 0 Å². The Morgan fingerprint density at radius 1 is 0.661 bits per heavy atom. The van der Waals surface area contributed by atoms with Gasteiger partial charge in [0.2, 0.25) is 0 Å². The van der Waals surface area contributed by atoms with E-state index >= 15 is 0 Å². The van der Waals surface area contributed by atoms with E-state index < -0.39 is 6.17 Å². The lowest BCUT2D eigenvalue weighted by atomic mass is 9.80. The fourth-order valence-electron chi connectivity index (χ4n) is 8.77. The Morgan fingerprint density at radius 3 is 2.03 bits per heavy atom. The number of rotatable bonds is 8. The first-order valence-corrected chi connectivity index (χ1v) is 20.4. The molecule has 1 atom stereocenters. The third-order valence-corrected chi connectivity index (χ3v) is 11.9. The molecule has 5 heteroatoms. The van der Waals surface area contributed by atoms with E-state index in [1.165, 1.54) is 39.0 Å². The zero-order valence-corrected chi connectivity index (χ0v) is 33.3. The summed E-state index contributed by atoms with van der Waals surface area (Å²) in [5, 5.41) is 3.59. The maximum Gasteiger partial charge on any atom is 0.177 e. The second-order valence-electron chi connectivity index (χ2n) is 16.0. The maximum atomic E-state index is 7.05. The van der Waals surface area contributed by atoms with E-state index in [2.05, 4.69) is 171 Å². The van der Waals surface area contributed by atoms with E-state index in [-0.39, 0.29) is 5.41 Å². The SMILES string of the molecule is CC1(C)C2=C(CCC=C2)c2c1ccc1c2Oc2c(cccc2-c2cccc(C(N)NC(=NCc3ccc(-c4ccccc4)cc3)c3ccc(-c4ccccc4)cc3)c2)O1. The van der Waals surface area contributed by atoms with Crippen LogP contribution in [0.15, 0.2) is 187 Å². The Bertz CT molecular complexity index is 2780. The van der Waals surface area contributed by atoms with Gasteiger partial charge in [0.1, 0.15) is 12.0 Å². The molecule has 2 aliphatic carbocycles. The molecule has 3 aliphatic rings. The van der Waals surface area contributed by atoms with Crippen molar-refractivity contribution in [1.82, 2.24) is 5.32 Å². The second-order valence-corrected chi connectivity index (χ2v) is 16.0. The van der Waals surface area contributed by atoms with Crippen LogP contribution in [0.5, 0.6) is 23.0 Å². The summed E-state index contributed by atoms with van der Waals surface area (Å²) < 4.78 is 13.6. The molecule has 5 nitrogen and oxygen atoms in total. The van der Waals surface area contributed by atoms with E-state index in [0.29, 0.717) is 18.0 Å². The number of ether oxygens (including phenoxy) is 2. The van der Waals surface area contributed by atoms with E-state index in [9.17, 15) is 0 Å². The van der Waals surface area contributed by atoms with Crippen molar-refractivity contribution < 1.29 is 9.47 Å². The highest BCUT2D eigenvalue weighted by atomic mass is 16.6. The van der Waals surface area contributed by atoms with Crippen LogP contribution in [0.3, 0.4) is 0 Å². The van der Waals surface area contributed by atoms with Crippen molar-refractivity contribution in [2.75, 3.05) is 0 Å². The standard InChI is InChI=1S/C54H45N3O2/c1-54(2)45-21-10-9-19-44(45)49-46(54)31-32-48-51(49)59-50-43(20-12-22-47(50)58-48)41-17-11-18-42(33-41)52(55)57-53(40-29-27-39(28-30-40)37-15-7-4-8-16-37)56-34-35-23-25-38(26-24-35)36-13-5-3-6-14-36/h3-8,10-18,20-33,52H,9,19,34,55H2,1-2H3,(H,56,57). The second kappa shape index (κ2) is 15.1. The fourth-order valence-corrected chi connectivity index (χ4v) is 8.77. The molecule has 0 bridgehead atoms. The minimum absolute atomic E-state index is 0.101. The average Bonchev–Trinajstić information content (AvgIpc) is 3.53. The molecule has 1 heterocycles. The summed E-state index contributed by atoms with van der Waals surface area (Å²) in [6.07, 6.45) is 6.06. The first-order valence-electron chi connectivity index (χ1n) is 20.4. The minimum Gasteiger partial charge on any atom is -0.449 e. The number of hydrogen-bond acceptors (Lipinski definition) is 4. The molecule has 0 spiro atoms. The molecule has 0 aromatic heterocycles. The lowest BCUT2D eigenvalue weighted by molar-refractivity contribution is 0.359. The first-order chi connectivity index (χ1) is 28.9. The molecule has 0 saturated heterocycles. The molecule has 10 rings (SSSR count). The van der Waals surface area contributed by atoms with Gasteiger partial charge in [-0.25, -0.2) is 0 Å². The van der Waals surface area contributed by atoms with Crippen molar-refractivity contribution in [3.05, 3.63) is 209 Å². The Labute approximate surface area is 346 Å². The predicted octanol–water partition coefficient (Wildman–Crippen LogP) is 13.2. The summed E-state index contributed by atoms with van der Waals surface area (Å²) >= 11 is 0. The summed E-state index contributed by atoms with van der Waals surface area (Å²) in [5.41, 5.74) is 21.8. The number of fused-ring (bicyclic) bond motifs is 5. The van der Waals surface area contributed by atoms with Crippen molar-refractivity contribution >= 4 is 11.4 Å². The highest BCUT2D eigenvalue weighted by Crippen LogP contribution is 2.59. The van der Waals surface area contributed by atoms with Gasteiger partial charge in [0.15, 0.2) is 23.0 Å². The Morgan fingerprint density at radius 2 is 1.31 bits per heavy atom. The number of allylic oxidation sites excluding steroid dienone is 4. The number of hydrogen-bond donors (Lipinski definition) is 2. The van der Waals surface area contributed by atoms with Crippen molar-refractivity contribution in [1.29, 1.82) is 0 Å². The van der Waals surface area contributed by atoms with Crippen LogP contribution in [0.25, 0.3) is 39.0 Å². The van der Waals surface area contributed by atoms with E-state index in [1.807, 2.05) is 24.3 Å². The smallest absolute Gasteiger partial charge is 0.177 e. The number of amidine groups is 1. The molecule has 59 heavy (non-hydrogen) atoms. The number of para-hydroxylation sites is 1. The zero-order chi connectivity index (χ0) is 39.9. The third kappa shape index (κ3) is 6.84. The van der Waals surface area contributed by atoms with Crippen LogP contribution in [0.4, 0.5) is 0 Å². The average molecular weight is 768 g/mol. The van der Waals surface area contributed by atoms with Crippen molar-refractivity contribution in [3.63, 3.8) is 0 Å². The van der Waals surface area contributed by atoms with Gasteiger partial charge in [-0.2, -0.15) is 0 Å². The fraction of sp³-hybridized carbons (Fsp3) is 0.130. The topological polar surface area (TPSA) is 68.9 Å². The van der Waals surface area contributed by atoms with Gasteiger partial charge in [0, 0.05) is 22.1 Å². The van der Waals surface area contributed by atoms with Crippen LogP contribution in [0, 0.1) is 0 Å². The Kier molecular flexibility index (Phi) is 9.31. The molecular weight excluding hydrogens is 723 g/mol. The summed E-state index contributed by atoms with van der Waals surface area (Å²) in [6.45, 7) is 5.11. The molecule has 0 radical (unpaired) electrons. The Hall–Kier alpha value is -6.95. The van der Waals surface area contributed by atoms with Crippen molar-refractivity contribution in [2.45, 2.75) is 44.8 Å². The number of nitrogens with two attached hydrogens (primary N) is 1. The monoisotopic (exact) mass is 767 g/mol. The summed E-state index contributed by atoms with van der Waals surface area (Å²) in [5.74, 6) is 3.69. The van der Waals surface area contributed by atoms with E-state index in [0.717, 1.165) is 63.6 Å². The Balaban J connectivity index is 0.950. The molecule has 0 fully saturated rings. The molecule has 7 aromatic carbocycles.